The molecular formula is C15H20BrN3S. The molecule has 1 heterocycles. The highest BCUT2D eigenvalue weighted by molar-refractivity contribution is 9.10. The molecule has 0 saturated heterocycles. The minimum Gasteiger partial charge on any atom is -0.338 e. The fourth-order valence-corrected chi connectivity index (χ4v) is 3.24. The number of aromatic nitrogens is 2. The molecular weight excluding hydrogens is 334 g/mol. The Bertz CT molecular complexity index is 524. The van der Waals surface area contributed by atoms with Gasteiger partial charge in [0.25, 0.3) is 0 Å². The van der Waals surface area contributed by atoms with Gasteiger partial charge in [-0.05, 0) is 30.8 Å². The molecule has 5 heteroatoms. The first-order chi connectivity index (χ1) is 9.69. The Hall–Kier alpha value is -0.780. The van der Waals surface area contributed by atoms with Crippen LogP contribution in [-0.2, 0) is 13.5 Å². The molecule has 0 saturated carbocycles. The highest BCUT2D eigenvalue weighted by Gasteiger charge is 2.11. The van der Waals surface area contributed by atoms with Crippen molar-refractivity contribution < 1.29 is 0 Å². The number of benzene rings is 1. The van der Waals surface area contributed by atoms with E-state index in [-0.39, 0.29) is 0 Å². The lowest BCUT2D eigenvalue weighted by atomic mass is 10.2. The SMILES string of the molecule is CCNC(CSc1ccc(Br)cc1)Cc1nccn1C. The molecule has 0 fully saturated rings. The topological polar surface area (TPSA) is 29.9 Å². The number of likely N-dealkylation sites (N-methyl/N-ethyl adjacent to an activating group) is 1. The van der Waals surface area contributed by atoms with Gasteiger partial charge in [0.1, 0.15) is 5.82 Å². The number of halogens is 1. The zero-order valence-electron chi connectivity index (χ0n) is 11.8. The second kappa shape index (κ2) is 7.86. The maximum absolute atomic E-state index is 4.41. The summed E-state index contributed by atoms with van der Waals surface area (Å²) in [6.07, 6.45) is 4.82. The zero-order chi connectivity index (χ0) is 14.4. The molecule has 1 aromatic carbocycles. The lowest BCUT2D eigenvalue weighted by Gasteiger charge is -2.17. The molecule has 0 spiro atoms. The summed E-state index contributed by atoms with van der Waals surface area (Å²) in [6, 6.07) is 8.92. The first-order valence-electron chi connectivity index (χ1n) is 6.77. The summed E-state index contributed by atoms with van der Waals surface area (Å²) in [7, 11) is 2.05. The van der Waals surface area contributed by atoms with Crippen molar-refractivity contribution in [1.29, 1.82) is 0 Å². The number of hydrogen-bond acceptors (Lipinski definition) is 3. The van der Waals surface area contributed by atoms with Crippen molar-refractivity contribution in [2.75, 3.05) is 12.3 Å². The molecule has 0 amide bonds. The largest absolute Gasteiger partial charge is 0.338 e. The number of nitrogens with one attached hydrogen (secondary N) is 1. The van der Waals surface area contributed by atoms with Crippen LogP contribution in [0.5, 0.6) is 0 Å². The third kappa shape index (κ3) is 4.65. The van der Waals surface area contributed by atoms with E-state index in [2.05, 4.69) is 62.0 Å². The van der Waals surface area contributed by atoms with Gasteiger partial charge in [-0.3, -0.25) is 0 Å². The Morgan fingerprint density at radius 3 is 2.70 bits per heavy atom. The van der Waals surface area contributed by atoms with Crippen molar-refractivity contribution in [3.8, 4) is 0 Å². The lowest BCUT2D eigenvalue weighted by molar-refractivity contribution is 0.550. The van der Waals surface area contributed by atoms with E-state index in [4.69, 9.17) is 0 Å². The van der Waals surface area contributed by atoms with Crippen molar-refractivity contribution in [2.24, 2.45) is 7.05 Å². The smallest absolute Gasteiger partial charge is 0.109 e. The average molecular weight is 354 g/mol. The standard InChI is InChI=1S/C15H20BrN3S/c1-3-17-13(10-15-18-8-9-19(15)2)11-20-14-6-4-12(16)5-7-14/h4-9,13,17H,3,10-11H2,1-2H3. The van der Waals surface area contributed by atoms with Crippen LogP contribution in [0, 0.1) is 0 Å². The molecule has 1 unspecified atom stereocenters. The second-order valence-corrected chi connectivity index (χ2v) is 6.69. The predicted octanol–water partition coefficient (Wildman–Crippen LogP) is 3.50. The molecule has 0 aliphatic rings. The van der Waals surface area contributed by atoms with Crippen LogP contribution in [0.1, 0.15) is 12.7 Å². The third-order valence-electron chi connectivity index (χ3n) is 3.11. The van der Waals surface area contributed by atoms with Gasteiger partial charge in [0.15, 0.2) is 0 Å². The zero-order valence-corrected chi connectivity index (χ0v) is 14.2. The Balaban J connectivity index is 1.92. The van der Waals surface area contributed by atoms with Gasteiger partial charge in [-0.1, -0.05) is 22.9 Å². The van der Waals surface area contributed by atoms with Crippen molar-refractivity contribution in [3.05, 3.63) is 47.0 Å². The molecule has 0 bridgehead atoms. The van der Waals surface area contributed by atoms with Crippen LogP contribution in [0.25, 0.3) is 0 Å². The average Bonchev–Trinajstić information content (AvgIpc) is 2.84. The summed E-state index contributed by atoms with van der Waals surface area (Å²) in [5, 5.41) is 3.55. The normalized spacial score (nSPS) is 12.6. The maximum Gasteiger partial charge on any atom is 0.109 e. The molecule has 1 atom stereocenters. The number of aryl methyl sites for hydroxylation is 1. The number of hydrogen-bond donors (Lipinski definition) is 1. The minimum atomic E-state index is 0.440. The fourth-order valence-electron chi connectivity index (χ4n) is 2.02. The Labute approximate surface area is 133 Å². The van der Waals surface area contributed by atoms with Gasteiger partial charge in [0.2, 0.25) is 0 Å². The van der Waals surface area contributed by atoms with E-state index in [1.165, 1.54) is 4.90 Å². The van der Waals surface area contributed by atoms with Crippen molar-refractivity contribution in [2.45, 2.75) is 24.3 Å². The van der Waals surface area contributed by atoms with Crippen molar-refractivity contribution in [1.82, 2.24) is 14.9 Å². The molecule has 20 heavy (non-hydrogen) atoms. The summed E-state index contributed by atoms with van der Waals surface area (Å²) >= 11 is 5.35. The fraction of sp³-hybridized carbons (Fsp3) is 0.400. The van der Waals surface area contributed by atoms with Gasteiger partial charge < -0.3 is 9.88 Å². The first kappa shape index (κ1) is 15.6. The molecule has 2 aromatic rings. The van der Waals surface area contributed by atoms with Crippen LogP contribution in [0.3, 0.4) is 0 Å². The highest BCUT2D eigenvalue weighted by atomic mass is 79.9. The van der Waals surface area contributed by atoms with E-state index in [9.17, 15) is 0 Å². The van der Waals surface area contributed by atoms with Crippen molar-refractivity contribution >= 4 is 27.7 Å². The van der Waals surface area contributed by atoms with E-state index in [0.29, 0.717) is 6.04 Å². The number of imidazole rings is 1. The quantitative estimate of drug-likeness (QED) is 0.772. The summed E-state index contributed by atoms with van der Waals surface area (Å²) in [6.45, 7) is 3.13. The van der Waals surface area contributed by atoms with Gasteiger partial charge >= 0.3 is 0 Å². The Morgan fingerprint density at radius 2 is 2.10 bits per heavy atom. The summed E-state index contributed by atoms with van der Waals surface area (Å²) in [4.78, 5) is 5.71. The summed E-state index contributed by atoms with van der Waals surface area (Å²) in [5.41, 5.74) is 0. The molecule has 108 valence electrons. The summed E-state index contributed by atoms with van der Waals surface area (Å²) in [5.74, 6) is 2.18. The lowest BCUT2D eigenvalue weighted by Crippen LogP contribution is -2.34. The van der Waals surface area contributed by atoms with Crippen molar-refractivity contribution in [3.63, 3.8) is 0 Å². The summed E-state index contributed by atoms with van der Waals surface area (Å²) < 4.78 is 3.22. The van der Waals surface area contributed by atoms with E-state index in [0.717, 1.165) is 29.0 Å². The molecule has 0 aliphatic carbocycles. The third-order valence-corrected chi connectivity index (χ3v) is 4.81. The van der Waals surface area contributed by atoms with Crippen LogP contribution in [0.2, 0.25) is 0 Å². The molecule has 2 rings (SSSR count). The Kier molecular flexibility index (Phi) is 6.13. The van der Waals surface area contributed by atoms with Gasteiger partial charge in [0, 0.05) is 47.0 Å². The van der Waals surface area contributed by atoms with Crippen LogP contribution < -0.4 is 5.32 Å². The van der Waals surface area contributed by atoms with Gasteiger partial charge in [-0.15, -0.1) is 11.8 Å². The van der Waals surface area contributed by atoms with Crippen LogP contribution in [0.15, 0.2) is 46.0 Å². The molecule has 1 N–H and O–H groups in total. The van der Waals surface area contributed by atoms with E-state index in [1.54, 1.807) is 0 Å². The number of rotatable bonds is 7. The van der Waals surface area contributed by atoms with Crippen LogP contribution in [0.4, 0.5) is 0 Å². The Morgan fingerprint density at radius 1 is 1.35 bits per heavy atom. The molecule has 3 nitrogen and oxygen atoms in total. The number of thioether (sulfide) groups is 1. The van der Waals surface area contributed by atoms with Gasteiger partial charge in [-0.2, -0.15) is 0 Å². The maximum atomic E-state index is 4.41. The van der Waals surface area contributed by atoms with Gasteiger partial charge in [-0.25, -0.2) is 4.98 Å². The predicted molar refractivity (Wildman–Crippen MR) is 89.2 cm³/mol. The van der Waals surface area contributed by atoms with Gasteiger partial charge in [0.05, 0.1) is 0 Å². The van der Waals surface area contributed by atoms with Crippen LogP contribution >= 0.6 is 27.7 Å². The molecule has 1 aromatic heterocycles. The molecule has 0 radical (unpaired) electrons. The molecule has 0 aliphatic heterocycles. The monoisotopic (exact) mass is 353 g/mol. The van der Waals surface area contributed by atoms with Crippen LogP contribution in [-0.4, -0.2) is 27.9 Å². The minimum absolute atomic E-state index is 0.440. The van der Waals surface area contributed by atoms with E-state index in [1.807, 2.05) is 31.2 Å². The van der Waals surface area contributed by atoms with E-state index < -0.39 is 0 Å². The van der Waals surface area contributed by atoms with E-state index >= 15 is 0 Å². The second-order valence-electron chi connectivity index (χ2n) is 4.68. The first-order valence-corrected chi connectivity index (χ1v) is 8.55. The highest BCUT2D eigenvalue weighted by Crippen LogP contribution is 2.22. The number of nitrogens with zero attached hydrogens (tertiary/aromatic N) is 2.